The molecule has 0 amide bonds. The molecule has 0 spiro atoms. The number of ether oxygens (including phenoxy) is 1. The van der Waals surface area contributed by atoms with Gasteiger partial charge in [-0.25, -0.2) is 4.79 Å². The van der Waals surface area contributed by atoms with Gasteiger partial charge < -0.3 is 9.15 Å². The number of esters is 1. The Morgan fingerprint density at radius 1 is 1.21 bits per heavy atom. The van der Waals surface area contributed by atoms with E-state index in [4.69, 9.17) is 9.15 Å². The molecule has 100 valence electrons. The third-order valence-electron chi connectivity index (χ3n) is 3.04. The average molecular weight is 258 g/mol. The van der Waals surface area contributed by atoms with Crippen LogP contribution in [0, 0.1) is 0 Å². The fourth-order valence-electron chi connectivity index (χ4n) is 2.08. The summed E-state index contributed by atoms with van der Waals surface area (Å²) in [6, 6.07) is 9.31. The lowest BCUT2D eigenvalue weighted by molar-refractivity contribution is 0.0600. The lowest BCUT2D eigenvalue weighted by atomic mass is 9.82. The number of furan rings is 1. The summed E-state index contributed by atoms with van der Waals surface area (Å²) < 4.78 is 10.2. The van der Waals surface area contributed by atoms with Crippen LogP contribution in [0.5, 0.6) is 0 Å². The zero-order valence-electron chi connectivity index (χ0n) is 11.7. The molecule has 0 aliphatic heterocycles. The monoisotopic (exact) mass is 258 g/mol. The second-order valence-electron chi connectivity index (χ2n) is 5.48. The summed E-state index contributed by atoms with van der Waals surface area (Å²) in [4.78, 5) is 11.6. The van der Waals surface area contributed by atoms with Gasteiger partial charge in [0.1, 0.15) is 5.76 Å². The van der Waals surface area contributed by atoms with Gasteiger partial charge in [0.2, 0.25) is 0 Å². The lowest BCUT2D eigenvalue weighted by Gasteiger charge is -2.22. The first-order valence-corrected chi connectivity index (χ1v) is 6.20. The van der Waals surface area contributed by atoms with Gasteiger partial charge in [0.15, 0.2) is 0 Å². The van der Waals surface area contributed by atoms with Gasteiger partial charge >= 0.3 is 5.97 Å². The van der Waals surface area contributed by atoms with Crippen LogP contribution in [0.2, 0.25) is 0 Å². The molecule has 0 unspecified atom stereocenters. The number of hydrogen-bond donors (Lipinski definition) is 0. The molecule has 1 aromatic heterocycles. The van der Waals surface area contributed by atoms with Crippen LogP contribution in [0.4, 0.5) is 0 Å². The molecule has 1 aromatic carbocycles. The number of rotatable bonds is 2. The summed E-state index contributed by atoms with van der Waals surface area (Å²) in [6.07, 6.45) is 1.63. The number of methoxy groups -OCH3 is 1. The molecule has 1 heterocycles. The first-order valence-electron chi connectivity index (χ1n) is 6.20. The maximum absolute atomic E-state index is 11.6. The van der Waals surface area contributed by atoms with E-state index >= 15 is 0 Å². The molecule has 0 aliphatic carbocycles. The molecule has 0 atom stereocenters. The molecule has 2 aromatic rings. The van der Waals surface area contributed by atoms with Crippen LogP contribution in [0.25, 0.3) is 11.3 Å². The van der Waals surface area contributed by atoms with Crippen LogP contribution in [-0.2, 0) is 10.2 Å². The predicted octanol–water partition coefficient (Wildman–Crippen LogP) is 4.03. The van der Waals surface area contributed by atoms with Gasteiger partial charge in [-0.3, -0.25) is 0 Å². The van der Waals surface area contributed by atoms with E-state index in [0.717, 1.165) is 16.9 Å². The van der Waals surface area contributed by atoms with Crippen molar-refractivity contribution < 1.29 is 13.9 Å². The summed E-state index contributed by atoms with van der Waals surface area (Å²) in [5, 5.41) is 0. The van der Waals surface area contributed by atoms with Crippen molar-refractivity contribution in [2.24, 2.45) is 0 Å². The molecule has 0 radical (unpaired) electrons. The van der Waals surface area contributed by atoms with Crippen molar-refractivity contribution in [2.45, 2.75) is 26.2 Å². The van der Waals surface area contributed by atoms with Crippen molar-refractivity contribution in [3.05, 3.63) is 47.7 Å². The first kappa shape index (κ1) is 13.4. The third kappa shape index (κ3) is 2.70. The predicted molar refractivity (Wildman–Crippen MR) is 74.2 cm³/mol. The van der Waals surface area contributed by atoms with Crippen LogP contribution in [0.1, 0.15) is 36.7 Å². The standard InChI is InChI=1S/C16H18O3/c1-16(2,3)13-8-7-11(15(17)18-4)10-12(13)14-6-5-9-19-14/h5-10H,1-4H3. The Labute approximate surface area is 113 Å². The van der Waals surface area contributed by atoms with Gasteiger partial charge in [-0.1, -0.05) is 26.8 Å². The highest BCUT2D eigenvalue weighted by molar-refractivity contribution is 5.91. The van der Waals surface area contributed by atoms with Crippen LogP contribution in [0.3, 0.4) is 0 Å². The molecule has 0 aliphatic rings. The average Bonchev–Trinajstić information content (AvgIpc) is 2.89. The van der Waals surface area contributed by atoms with Crippen LogP contribution >= 0.6 is 0 Å². The highest BCUT2D eigenvalue weighted by Crippen LogP contribution is 2.34. The quantitative estimate of drug-likeness (QED) is 0.763. The minimum absolute atomic E-state index is 0.0310. The molecule has 3 nitrogen and oxygen atoms in total. The first-order chi connectivity index (χ1) is 8.93. The van der Waals surface area contributed by atoms with Gasteiger partial charge in [0.05, 0.1) is 18.9 Å². The van der Waals surface area contributed by atoms with Crippen molar-refractivity contribution in [2.75, 3.05) is 7.11 Å². The van der Waals surface area contributed by atoms with E-state index in [2.05, 4.69) is 20.8 Å². The second kappa shape index (κ2) is 4.92. The van der Waals surface area contributed by atoms with Gasteiger partial charge in [-0.2, -0.15) is 0 Å². The fourth-order valence-corrected chi connectivity index (χ4v) is 2.08. The molecule has 3 heteroatoms. The van der Waals surface area contributed by atoms with Gasteiger partial charge in [-0.05, 0) is 35.2 Å². The summed E-state index contributed by atoms with van der Waals surface area (Å²) >= 11 is 0. The number of hydrogen-bond acceptors (Lipinski definition) is 3. The molecule has 19 heavy (non-hydrogen) atoms. The summed E-state index contributed by atoms with van der Waals surface area (Å²) in [6.45, 7) is 6.39. The van der Waals surface area contributed by atoms with Gasteiger partial charge in [0.25, 0.3) is 0 Å². The van der Waals surface area contributed by atoms with Crippen molar-refractivity contribution >= 4 is 5.97 Å². The maximum atomic E-state index is 11.6. The van der Waals surface area contributed by atoms with E-state index in [1.54, 1.807) is 12.3 Å². The summed E-state index contributed by atoms with van der Waals surface area (Å²) in [7, 11) is 1.38. The van der Waals surface area contributed by atoms with Crippen molar-refractivity contribution in [3.63, 3.8) is 0 Å². The largest absolute Gasteiger partial charge is 0.465 e. The maximum Gasteiger partial charge on any atom is 0.337 e. The molecule has 0 bridgehead atoms. The molecule has 0 saturated carbocycles. The Hall–Kier alpha value is -2.03. The fraction of sp³-hybridized carbons (Fsp3) is 0.312. The highest BCUT2D eigenvalue weighted by atomic mass is 16.5. The smallest absolute Gasteiger partial charge is 0.337 e. The molecule has 0 N–H and O–H groups in total. The summed E-state index contributed by atoms with van der Waals surface area (Å²) in [5.41, 5.74) is 2.56. The lowest BCUT2D eigenvalue weighted by Crippen LogP contribution is -2.13. The Morgan fingerprint density at radius 3 is 2.47 bits per heavy atom. The van der Waals surface area contributed by atoms with Crippen molar-refractivity contribution in [1.82, 2.24) is 0 Å². The van der Waals surface area contributed by atoms with Crippen LogP contribution in [-0.4, -0.2) is 13.1 Å². The molecule has 2 rings (SSSR count). The van der Waals surface area contributed by atoms with E-state index in [-0.39, 0.29) is 11.4 Å². The Bertz CT molecular complexity index is 575. The van der Waals surface area contributed by atoms with E-state index in [9.17, 15) is 4.79 Å². The topological polar surface area (TPSA) is 39.4 Å². The minimum Gasteiger partial charge on any atom is -0.465 e. The molecule has 0 fully saturated rings. The zero-order valence-corrected chi connectivity index (χ0v) is 11.7. The molecule has 0 saturated heterocycles. The zero-order chi connectivity index (χ0) is 14.0. The van der Waals surface area contributed by atoms with Gasteiger partial charge in [-0.15, -0.1) is 0 Å². The van der Waals surface area contributed by atoms with Crippen LogP contribution in [0.15, 0.2) is 41.0 Å². The third-order valence-corrected chi connectivity index (χ3v) is 3.04. The van der Waals surface area contributed by atoms with E-state index in [1.165, 1.54) is 7.11 Å². The number of benzene rings is 1. The minimum atomic E-state index is -0.340. The Kier molecular flexibility index (Phi) is 3.47. The van der Waals surface area contributed by atoms with Crippen molar-refractivity contribution in [3.8, 4) is 11.3 Å². The van der Waals surface area contributed by atoms with Crippen molar-refractivity contribution in [1.29, 1.82) is 0 Å². The normalized spacial score (nSPS) is 11.4. The second-order valence-corrected chi connectivity index (χ2v) is 5.48. The Morgan fingerprint density at radius 2 is 1.95 bits per heavy atom. The van der Waals surface area contributed by atoms with E-state index < -0.39 is 0 Å². The van der Waals surface area contributed by atoms with Gasteiger partial charge in [0, 0.05) is 5.56 Å². The highest BCUT2D eigenvalue weighted by Gasteiger charge is 2.21. The molecular weight excluding hydrogens is 240 g/mol. The number of carbonyl (C=O) groups excluding carboxylic acids is 1. The molecular formula is C16H18O3. The van der Waals surface area contributed by atoms with Crippen LogP contribution < -0.4 is 0 Å². The SMILES string of the molecule is COC(=O)c1ccc(C(C)(C)C)c(-c2ccco2)c1. The summed E-state index contributed by atoms with van der Waals surface area (Å²) in [5.74, 6) is 0.420. The van der Waals surface area contributed by atoms with E-state index in [1.807, 2.05) is 24.3 Å². The Balaban J connectivity index is 2.61. The van der Waals surface area contributed by atoms with E-state index in [0.29, 0.717) is 5.56 Å². The number of carbonyl (C=O) groups is 1.